The fourth-order valence-corrected chi connectivity index (χ4v) is 2.03. The number of carbonyl (C=O) groups excluding carboxylic acids is 1. The van der Waals surface area contributed by atoms with Crippen molar-refractivity contribution in [3.05, 3.63) is 59.7 Å². The van der Waals surface area contributed by atoms with E-state index in [1.807, 2.05) is 19.1 Å². The van der Waals surface area contributed by atoms with Crippen molar-refractivity contribution in [3.8, 4) is 11.5 Å². The molecule has 0 bridgehead atoms. The molecule has 0 aliphatic heterocycles. The van der Waals surface area contributed by atoms with E-state index in [1.54, 1.807) is 12.1 Å². The van der Waals surface area contributed by atoms with Crippen LogP contribution in [0.15, 0.2) is 48.5 Å². The van der Waals surface area contributed by atoms with Crippen LogP contribution >= 0.6 is 0 Å². The zero-order chi connectivity index (χ0) is 18.3. The highest BCUT2D eigenvalue weighted by atomic mass is 19.4. The standard InChI is InChI=1S/C18H18F3NO3/c1-2-24-15-8-6-13(7-9-15)11-22-17(23)12-25-16-5-3-4-14(10-16)18(19,20)21/h3-10H,2,11-12H2,1H3,(H,22,23). The molecule has 25 heavy (non-hydrogen) atoms. The Morgan fingerprint density at radius 1 is 1.04 bits per heavy atom. The molecule has 0 fully saturated rings. The highest BCUT2D eigenvalue weighted by Gasteiger charge is 2.30. The normalized spacial score (nSPS) is 11.0. The minimum atomic E-state index is -4.45. The zero-order valence-corrected chi connectivity index (χ0v) is 13.6. The Bertz CT molecular complexity index is 699. The van der Waals surface area contributed by atoms with E-state index in [9.17, 15) is 18.0 Å². The lowest BCUT2D eigenvalue weighted by atomic mass is 10.2. The van der Waals surface area contributed by atoms with Crippen molar-refractivity contribution < 1.29 is 27.4 Å². The minimum absolute atomic E-state index is 0.00829. The SMILES string of the molecule is CCOc1ccc(CNC(=O)COc2cccc(C(F)(F)F)c2)cc1. The first-order valence-electron chi connectivity index (χ1n) is 7.67. The Morgan fingerprint density at radius 2 is 1.76 bits per heavy atom. The van der Waals surface area contributed by atoms with Crippen LogP contribution in [0.25, 0.3) is 0 Å². The van der Waals surface area contributed by atoms with Crippen molar-refractivity contribution in [3.63, 3.8) is 0 Å². The lowest BCUT2D eigenvalue weighted by molar-refractivity contribution is -0.137. The second-order valence-corrected chi connectivity index (χ2v) is 5.17. The van der Waals surface area contributed by atoms with E-state index in [2.05, 4.69) is 5.32 Å². The summed E-state index contributed by atoms with van der Waals surface area (Å²) in [7, 11) is 0. The van der Waals surface area contributed by atoms with Gasteiger partial charge in [-0.3, -0.25) is 4.79 Å². The monoisotopic (exact) mass is 353 g/mol. The summed E-state index contributed by atoms with van der Waals surface area (Å²) in [4.78, 5) is 11.8. The first-order chi connectivity index (χ1) is 11.9. The molecular formula is C18H18F3NO3. The van der Waals surface area contributed by atoms with E-state index in [1.165, 1.54) is 12.1 Å². The highest BCUT2D eigenvalue weighted by Crippen LogP contribution is 2.31. The Kier molecular flexibility index (Phi) is 6.27. The van der Waals surface area contributed by atoms with Crippen LogP contribution in [0, 0.1) is 0 Å². The molecule has 4 nitrogen and oxygen atoms in total. The lowest BCUT2D eigenvalue weighted by Gasteiger charge is -2.10. The summed E-state index contributed by atoms with van der Waals surface area (Å²) < 4.78 is 48.3. The molecule has 2 aromatic rings. The number of hydrogen-bond acceptors (Lipinski definition) is 3. The Balaban J connectivity index is 1.81. The molecule has 1 amide bonds. The molecular weight excluding hydrogens is 335 g/mol. The van der Waals surface area contributed by atoms with Gasteiger partial charge in [0.25, 0.3) is 5.91 Å². The minimum Gasteiger partial charge on any atom is -0.494 e. The van der Waals surface area contributed by atoms with Gasteiger partial charge in [0.2, 0.25) is 0 Å². The molecule has 0 aromatic heterocycles. The molecule has 0 saturated carbocycles. The largest absolute Gasteiger partial charge is 0.494 e. The molecule has 2 aromatic carbocycles. The van der Waals surface area contributed by atoms with Gasteiger partial charge < -0.3 is 14.8 Å². The quantitative estimate of drug-likeness (QED) is 0.824. The number of amides is 1. The lowest BCUT2D eigenvalue weighted by Crippen LogP contribution is -2.28. The van der Waals surface area contributed by atoms with Crippen LogP contribution in [0.4, 0.5) is 13.2 Å². The number of rotatable bonds is 7. The smallest absolute Gasteiger partial charge is 0.416 e. The number of nitrogens with one attached hydrogen (secondary N) is 1. The molecule has 7 heteroatoms. The van der Waals surface area contributed by atoms with Crippen molar-refractivity contribution in [2.24, 2.45) is 0 Å². The van der Waals surface area contributed by atoms with Gasteiger partial charge in [-0.05, 0) is 42.8 Å². The third-order valence-electron chi connectivity index (χ3n) is 3.26. The summed E-state index contributed by atoms with van der Waals surface area (Å²) in [5.74, 6) is 0.308. The molecule has 0 radical (unpaired) electrons. The number of hydrogen-bond donors (Lipinski definition) is 1. The number of carbonyl (C=O) groups is 1. The fraction of sp³-hybridized carbons (Fsp3) is 0.278. The van der Waals surface area contributed by atoms with E-state index < -0.39 is 17.6 Å². The topological polar surface area (TPSA) is 47.6 Å². The predicted molar refractivity (Wildman–Crippen MR) is 86.4 cm³/mol. The molecule has 0 aliphatic carbocycles. The first kappa shape index (κ1) is 18.6. The van der Waals surface area contributed by atoms with Crippen LogP contribution in [0.5, 0.6) is 11.5 Å². The summed E-state index contributed by atoms with van der Waals surface area (Å²) in [6, 6.07) is 11.6. The van der Waals surface area contributed by atoms with Gasteiger partial charge in [-0.25, -0.2) is 0 Å². The molecule has 134 valence electrons. The van der Waals surface area contributed by atoms with Crippen molar-refractivity contribution in [1.29, 1.82) is 0 Å². The maximum absolute atomic E-state index is 12.6. The van der Waals surface area contributed by atoms with Crippen LogP contribution in [0.3, 0.4) is 0 Å². The first-order valence-corrected chi connectivity index (χ1v) is 7.67. The second kappa shape index (κ2) is 8.41. The van der Waals surface area contributed by atoms with Crippen molar-refractivity contribution >= 4 is 5.91 Å². The molecule has 0 unspecified atom stereocenters. The van der Waals surface area contributed by atoms with Gasteiger partial charge in [-0.1, -0.05) is 18.2 Å². The van der Waals surface area contributed by atoms with Gasteiger partial charge in [-0.15, -0.1) is 0 Å². The van der Waals surface area contributed by atoms with Crippen molar-refractivity contribution in [1.82, 2.24) is 5.32 Å². The maximum Gasteiger partial charge on any atom is 0.416 e. The van der Waals surface area contributed by atoms with E-state index >= 15 is 0 Å². The van der Waals surface area contributed by atoms with Gasteiger partial charge in [0.1, 0.15) is 11.5 Å². The molecule has 0 atom stereocenters. The molecule has 0 spiro atoms. The van der Waals surface area contributed by atoms with Crippen LogP contribution in [-0.4, -0.2) is 19.1 Å². The molecule has 0 saturated heterocycles. The van der Waals surface area contributed by atoms with Crippen molar-refractivity contribution in [2.45, 2.75) is 19.6 Å². The van der Waals surface area contributed by atoms with Crippen LogP contribution < -0.4 is 14.8 Å². The van der Waals surface area contributed by atoms with Gasteiger partial charge in [0.15, 0.2) is 6.61 Å². The Labute approximate surface area is 143 Å². The number of alkyl halides is 3. The van der Waals surface area contributed by atoms with Gasteiger partial charge >= 0.3 is 6.18 Å². The van der Waals surface area contributed by atoms with E-state index in [4.69, 9.17) is 9.47 Å². The summed E-state index contributed by atoms with van der Waals surface area (Å²) in [6.07, 6.45) is -4.45. The second-order valence-electron chi connectivity index (χ2n) is 5.17. The Hall–Kier alpha value is -2.70. The average Bonchev–Trinajstić information content (AvgIpc) is 2.59. The summed E-state index contributed by atoms with van der Waals surface area (Å²) in [5, 5.41) is 2.64. The van der Waals surface area contributed by atoms with Crippen LogP contribution in [-0.2, 0) is 17.5 Å². The predicted octanol–water partition coefficient (Wildman–Crippen LogP) is 3.80. The van der Waals surface area contributed by atoms with Crippen LogP contribution in [0.1, 0.15) is 18.1 Å². The fourth-order valence-electron chi connectivity index (χ4n) is 2.03. The van der Waals surface area contributed by atoms with E-state index in [-0.39, 0.29) is 18.9 Å². The van der Waals surface area contributed by atoms with Crippen LogP contribution in [0.2, 0.25) is 0 Å². The molecule has 2 rings (SSSR count). The maximum atomic E-state index is 12.6. The summed E-state index contributed by atoms with van der Waals surface area (Å²) >= 11 is 0. The number of ether oxygens (including phenoxy) is 2. The molecule has 0 aliphatic rings. The summed E-state index contributed by atoms with van der Waals surface area (Å²) in [5.41, 5.74) is 0.0515. The van der Waals surface area contributed by atoms with E-state index in [0.717, 1.165) is 23.4 Å². The Morgan fingerprint density at radius 3 is 2.40 bits per heavy atom. The van der Waals surface area contributed by atoms with Gasteiger partial charge in [0.05, 0.1) is 12.2 Å². The molecule has 1 N–H and O–H groups in total. The zero-order valence-electron chi connectivity index (χ0n) is 13.6. The highest BCUT2D eigenvalue weighted by molar-refractivity contribution is 5.77. The average molecular weight is 353 g/mol. The summed E-state index contributed by atoms with van der Waals surface area (Å²) in [6.45, 7) is 2.39. The van der Waals surface area contributed by atoms with Gasteiger partial charge in [0, 0.05) is 6.54 Å². The third kappa shape index (κ3) is 6.02. The number of halogens is 3. The molecule has 0 heterocycles. The van der Waals surface area contributed by atoms with E-state index in [0.29, 0.717) is 6.61 Å². The van der Waals surface area contributed by atoms with Crippen molar-refractivity contribution in [2.75, 3.05) is 13.2 Å². The third-order valence-corrected chi connectivity index (χ3v) is 3.26. The van der Waals surface area contributed by atoms with Gasteiger partial charge in [-0.2, -0.15) is 13.2 Å². The number of benzene rings is 2.